The van der Waals surface area contributed by atoms with E-state index < -0.39 is 5.82 Å². The van der Waals surface area contributed by atoms with Crippen molar-refractivity contribution in [3.8, 4) is 0 Å². The van der Waals surface area contributed by atoms with Crippen LogP contribution in [0.15, 0.2) is 42.5 Å². The smallest absolute Gasteiger partial charge is 0.251 e. The van der Waals surface area contributed by atoms with Crippen molar-refractivity contribution in [2.24, 2.45) is 0 Å². The summed E-state index contributed by atoms with van der Waals surface area (Å²) in [5.74, 6) is -1.02. The molecule has 24 heavy (non-hydrogen) atoms. The molecule has 0 fully saturated rings. The van der Waals surface area contributed by atoms with Gasteiger partial charge in [0, 0.05) is 23.5 Å². The molecule has 0 radical (unpaired) electrons. The van der Waals surface area contributed by atoms with E-state index in [0.717, 1.165) is 0 Å². The van der Waals surface area contributed by atoms with Crippen LogP contribution in [0.5, 0.6) is 0 Å². The molecule has 0 aliphatic heterocycles. The third-order valence-corrected chi connectivity index (χ3v) is 3.41. The monoisotopic (exact) mass is 349 g/mol. The van der Waals surface area contributed by atoms with Crippen LogP contribution in [-0.2, 0) is 4.79 Å². The molecule has 0 bridgehead atoms. The maximum absolute atomic E-state index is 13.1. The van der Waals surface area contributed by atoms with Crippen LogP contribution in [0, 0.1) is 5.82 Å². The summed E-state index contributed by atoms with van der Waals surface area (Å²) in [6.07, 6.45) is 0. The molecule has 0 aliphatic rings. The summed E-state index contributed by atoms with van der Waals surface area (Å²) >= 11 is 5.68. The summed E-state index contributed by atoms with van der Waals surface area (Å²) in [6, 6.07) is 10.8. The second kappa shape index (κ2) is 8.31. The highest BCUT2D eigenvalue weighted by molar-refractivity contribution is 6.31. The zero-order valence-corrected chi connectivity index (χ0v) is 13.8. The molecule has 0 aliphatic carbocycles. The van der Waals surface area contributed by atoms with Crippen LogP contribution in [0.25, 0.3) is 0 Å². The molecule has 3 N–H and O–H groups in total. The van der Waals surface area contributed by atoms with Crippen LogP contribution in [0.2, 0.25) is 5.02 Å². The number of amides is 2. The Labute approximate surface area is 144 Å². The van der Waals surface area contributed by atoms with Crippen molar-refractivity contribution in [2.75, 3.05) is 23.7 Å². The lowest BCUT2D eigenvalue weighted by molar-refractivity contribution is -0.114. The second-order valence-electron chi connectivity index (χ2n) is 4.97. The minimum Gasteiger partial charge on any atom is -0.376 e. The lowest BCUT2D eigenvalue weighted by atomic mass is 10.2. The van der Waals surface area contributed by atoms with Gasteiger partial charge in [-0.2, -0.15) is 0 Å². The molecule has 0 spiro atoms. The minimum atomic E-state index is -0.520. The average Bonchev–Trinajstić information content (AvgIpc) is 2.56. The largest absolute Gasteiger partial charge is 0.376 e. The Hall–Kier alpha value is -2.60. The number of nitrogens with one attached hydrogen (secondary N) is 3. The average molecular weight is 350 g/mol. The van der Waals surface area contributed by atoms with Gasteiger partial charge < -0.3 is 16.0 Å². The molecule has 5 nitrogen and oxygen atoms in total. The van der Waals surface area contributed by atoms with Gasteiger partial charge in [0.05, 0.1) is 11.6 Å². The lowest BCUT2D eigenvalue weighted by Crippen LogP contribution is -2.24. The number of halogens is 2. The zero-order chi connectivity index (χ0) is 17.5. The molecule has 0 saturated heterocycles. The van der Waals surface area contributed by atoms with E-state index in [2.05, 4.69) is 16.0 Å². The van der Waals surface area contributed by atoms with E-state index in [4.69, 9.17) is 11.6 Å². The van der Waals surface area contributed by atoms with Gasteiger partial charge >= 0.3 is 0 Å². The molecule has 0 unspecified atom stereocenters. The van der Waals surface area contributed by atoms with Crippen molar-refractivity contribution in [2.45, 2.75) is 6.92 Å². The van der Waals surface area contributed by atoms with Crippen molar-refractivity contribution in [1.29, 1.82) is 0 Å². The van der Waals surface area contributed by atoms with Crippen LogP contribution in [-0.4, -0.2) is 24.9 Å². The van der Waals surface area contributed by atoms with Crippen molar-refractivity contribution >= 4 is 34.8 Å². The first-order valence-electron chi connectivity index (χ1n) is 7.36. The number of carbonyl (C=O) groups is 2. The van der Waals surface area contributed by atoms with Crippen molar-refractivity contribution in [3.63, 3.8) is 0 Å². The summed E-state index contributed by atoms with van der Waals surface area (Å²) in [5, 5.41) is 8.21. The van der Waals surface area contributed by atoms with E-state index in [1.54, 1.807) is 24.3 Å². The Morgan fingerprint density at radius 2 is 1.92 bits per heavy atom. The van der Waals surface area contributed by atoms with Crippen molar-refractivity contribution < 1.29 is 14.0 Å². The normalized spacial score (nSPS) is 10.1. The Morgan fingerprint density at radius 1 is 1.12 bits per heavy atom. The van der Waals surface area contributed by atoms with Gasteiger partial charge in [-0.05, 0) is 43.3 Å². The number of rotatable bonds is 6. The molecule has 2 aromatic carbocycles. The number of hydrogen-bond donors (Lipinski definition) is 3. The summed E-state index contributed by atoms with van der Waals surface area (Å²) in [7, 11) is 0. The molecule has 0 saturated carbocycles. The maximum atomic E-state index is 13.1. The van der Waals surface area contributed by atoms with Gasteiger partial charge in [0.15, 0.2) is 0 Å². The highest BCUT2D eigenvalue weighted by Gasteiger charge is 2.07. The van der Waals surface area contributed by atoms with Crippen LogP contribution in [0.1, 0.15) is 17.3 Å². The molecule has 126 valence electrons. The van der Waals surface area contributed by atoms with E-state index in [9.17, 15) is 14.0 Å². The standard InChI is InChI=1S/C17H17ClFN3O2/c1-2-20-17(24)11-4-3-5-13(8-11)22-16(23)10-21-12-6-7-15(19)14(18)9-12/h3-9,21H,2,10H2,1H3,(H,20,24)(H,22,23). The molecule has 2 amide bonds. The highest BCUT2D eigenvalue weighted by Crippen LogP contribution is 2.19. The second-order valence-corrected chi connectivity index (χ2v) is 5.38. The van der Waals surface area contributed by atoms with Crippen molar-refractivity contribution in [1.82, 2.24) is 5.32 Å². The van der Waals surface area contributed by atoms with Crippen LogP contribution in [0.4, 0.5) is 15.8 Å². The van der Waals surface area contributed by atoms with Crippen LogP contribution >= 0.6 is 11.6 Å². The molecule has 0 aromatic heterocycles. The lowest BCUT2D eigenvalue weighted by Gasteiger charge is -2.09. The number of anilines is 2. The summed E-state index contributed by atoms with van der Waals surface area (Å²) in [5.41, 5.74) is 1.52. The minimum absolute atomic E-state index is 0.0185. The number of benzene rings is 2. The molecular weight excluding hydrogens is 333 g/mol. The quantitative estimate of drug-likeness (QED) is 0.749. The van der Waals surface area contributed by atoms with Crippen molar-refractivity contribution in [3.05, 3.63) is 58.9 Å². The third-order valence-electron chi connectivity index (χ3n) is 3.12. The maximum Gasteiger partial charge on any atom is 0.251 e. The van der Waals surface area contributed by atoms with E-state index >= 15 is 0 Å². The molecule has 2 aromatic rings. The van der Waals surface area contributed by atoms with Gasteiger partial charge in [-0.3, -0.25) is 9.59 Å². The van der Waals surface area contributed by atoms with Crippen LogP contribution in [0.3, 0.4) is 0 Å². The fourth-order valence-electron chi connectivity index (χ4n) is 1.99. The van der Waals surface area contributed by atoms with Gasteiger partial charge in [-0.15, -0.1) is 0 Å². The first-order valence-corrected chi connectivity index (χ1v) is 7.74. The SMILES string of the molecule is CCNC(=O)c1cccc(NC(=O)CNc2ccc(F)c(Cl)c2)c1. The van der Waals surface area contributed by atoms with Gasteiger partial charge in [0.25, 0.3) is 5.91 Å². The highest BCUT2D eigenvalue weighted by atomic mass is 35.5. The molecule has 7 heteroatoms. The Bertz CT molecular complexity index is 752. The summed E-state index contributed by atoms with van der Waals surface area (Å²) in [4.78, 5) is 23.7. The van der Waals surface area contributed by atoms with E-state index in [1.165, 1.54) is 18.2 Å². The Balaban J connectivity index is 1.93. The third kappa shape index (κ3) is 4.96. The summed E-state index contributed by atoms with van der Waals surface area (Å²) < 4.78 is 13.1. The Morgan fingerprint density at radius 3 is 2.62 bits per heavy atom. The van der Waals surface area contributed by atoms with Gasteiger partial charge in [0.1, 0.15) is 5.82 Å². The summed E-state index contributed by atoms with van der Waals surface area (Å²) in [6.45, 7) is 2.34. The van der Waals surface area contributed by atoms with E-state index in [1.807, 2.05) is 6.92 Å². The van der Waals surface area contributed by atoms with Gasteiger partial charge in [0.2, 0.25) is 5.91 Å². The number of hydrogen-bond acceptors (Lipinski definition) is 3. The fraction of sp³-hybridized carbons (Fsp3) is 0.176. The molecular formula is C17H17ClFN3O2. The number of carbonyl (C=O) groups excluding carboxylic acids is 2. The van der Waals surface area contributed by atoms with Crippen LogP contribution < -0.4 is 16.0 Å². The van der Waals surface area contributed by atoms with Gasteiger partial charge in [-0.25, -0.2) is 4.39 Å². The Kier molecular flexibility index (Phi) is 6.14. The van der Waals surface area contributed by atoms with E-state index in [-0.39, 0.29) is 23.4 Å². The molecule has 0 heterocycles. The molecule has 2 rings (SSSR count). The zero-order valence-electron chi connectivity index (χ0n) is 13.0. The first-order chi connectivity index (χ1) is 11.5. The fourth-order valence-corrected chi connectivity index (χ4v) is 2.17. The van der Waals surface area contributed by atoms with E-state index in [0.29, 0.717) is 23.5 Å². The topological polar surface area (TPSA) is 70.2 Å². The van der Waals surface area contributed by atoms with Gasteiger partial charge in [-0.1, -0.05) is 17.7 Å². The first kappa shape index (κ1) is 17.7. The predicted molar refractivity (Wildman–Crippen MR) is 93.0 cm³/mol. The predicted octanol–water partition coefficient (Wildman–Crippen LogP) is 3.28. The molecule has 0 atom stereocenters.